The summed E-state index contributed by atoms with van der Waals surface area (Å²) in [6.07, 6.45) is -2.30. The van der Waals surface area contributed by atoms with Gasteiger partial charge in [0.1, 0.15) is 5.52 Å². The van der Waals surface area contributed by atoms with E-state index in [1.807, 2.05) is 0 Å². The Balaban J connectivity index is 1.97. The molecule has 0 bridgehead atoms. The fraction of sp³-hybridized carbons (Fsp3) is 0.357. The third kappa shape index (κ3) is 3.18. The molecule has 0 spiro atoms. The summed E-state index contributed by atoms with van der Waals surface area (Å²) >= 11 is 0. The van der Waals surface area contributed by atoms with Gasteiger partial charge in [-0.2, -0.15) is 0 Å². The molecule has 7 heteroatoms. The number of pyridine rings is 1. The summed E-state index contributed by atoms with van der Waals surface area (Å²) in [6, 6.07) is 6.59. The predicted molar refractivity (Wildman–Crippen MR) is 73.3 cm³/mol. The summed E-state index contributed by atoms with van der Waals surface area (Å²) < 4.78 is 41.3. The standard InChI is InChI=1S/C14H14F3N3O/c15-14(16,17)21-12-4-3-11(20-9-5-7-18-8-9)10-2-1-6-19-13(10)12/h1-4,6,9,18,20H,5,7-8H2. The third-order valence-electron chi connectivity index (χ3n) is 3.38. The zero-order chi connectivity index (χ0) is 14.9. The highest BCUT2D eigenvalue weighted by Gasteiger charge is 2.32. The Hall–Kier alpha value is -2.02. The number of nitrogens with one attached hydrogen (secondary N) is 2. The first kappa shape index (κ1) is 13.9. The van der Waals surface area contributed by atoms with Crippen LogP contribution in [0.25, 0.3) is 10.9 Å². The molecule has 2 heterocycles. The number of hydrogen-bond acceptors (Lipinski definition) is 4. The summed E-state index contributed by atoms with van der Waals surface area (Å²) in [5.74, 6) is -0.284. The van der Waals surface area contributed by atoms with Gasteiger partial charge >= 0.3 is 6.36 Å². The van der Waals surface area contributed by atoms with Crippen LogP contribution in [0.15, 0.2) is 30.5 Å². The molecule has 2 aromatic rings. The lowest BCUT2D eigenvalue weighted by atomic mass is 10.1. The van der Waals surface area contributed by atoms with Gasteiger partial charge in [0.05, 0.1) is 0 Å². The maximum absolute atomic E-state index is 12.4. The Labute approximate surface area is 119 Å². The van der Waals surface area contributed by atoms with Crippen LogP contribution in [-0.4, -0.2) is 30.5 Å². The van der Waals surface area contributed by atoms with Gasteiger partial charge in [0.2, 0.25) is 0 Å². The van der Waals surface area contributed by atoms with Crippen LogP contribution in [0.5, 0.6) is 5.75 Å². The molecule has 1 saturated heterocycles. The highest BCUT2D eigenvalue weighted by atomic mass is 19.4. The molecule has 2 N–H and O–H groups in total. The molecule has 0 aliphatic carbocycles. The van der Waals surface area contributed by atoms with Crippen molar-refractivity contribution < 1.29 is 17.9 Å². The smallest absolute Gasteiger partial charge is 0.403 e. The van der Waals surface area contributed by atoms with E-state index in [9.17, 15) is 13.2 Å². The summed E-state index contributed by atoms with van der Waals surface area (Å²) in [4.78, 5) is 4.02. The number of halogens is 3. The number of ether oxygens (including phenoxy) is 1. The first-order chi connectivity index (χ1) is 10.0. The van der Waals surface area contributed by atoms with Gasteiger partial charge < -0.3 is 15.4 Å². The van der Waals surface area contributed by atoms with Crippen molar-refractivity contribution in [1.82, 2.24) is 10.3 Å². The molecular formula is C14H14F3N3O. The summed E-state index contributed by atoms with van der Waals surface area (Å²) in [7, 11) is 0. The second-order valence-electron chi connectivity index (χ2n) is 4.89. The number of benzene rings is 1. The zero-order valence-corrected chi connectivity index (χ0v) is 11.1. The van der Waals surface area contributed by atoms with E-state index >= 15 is 0 Å². The van der Waals surface area contributed by atoms with Crippen molar-refractivity contribution in [1.29, 1.82) is 0 Å². The largest absolute Gasteiger partial charge is 0.573 e. The van der Waals surface area contributed by atoms with E-state index in [0.717, 1.165) is 25.2 Å². The molecule has 3 rings (SSSR count). The lowest BCUT2D eigenvalue weighted by Gasteiger charge is -2.17. The van der Waals surface area contributed by atoms with Crippen LogP contribution in [0, 0.1) is 0 Å². The van der Waals surface area contributed by atoms with E-state index in [4.69, 9.17) is 0 Å². The van der Waals surface area contributed by atoms with Crippen molar-refractivity contribution in [3.8, 4) is 5.75 Å². The van der Waals surface area contributed by atoms with Crippen LogP contribution in [0.3, 0.4) is 0 Å². The van der Waals surface area contributed by atoms with Gasteiger partial charge in [-0.05, 0) is 37.2 Å². The van der Waals surface area contributed by atoms with Gasteiger partial charge in [0, 0.05) is 29.9 Å². The van der Waals surface area contributed by atoms with Gasteiger partial charge in [0.15, 0.2) is 5.75 Å². The maximum Gasteiger partial charge on any atom is 0.573 e. The Morgan fingerprint density at radius 3 is 2.86 bits per heavy atom. The van der Waals surface area contributed by atoms with E-state index in [1.54, 1.807) is 18.2 Å². The van der Waals surface area contributed by atoms with E-state index in [2.05, 4.69) is 20.4 Å². The van der Waals surface area contributed by atoms with Crippen molar-refractivity contribution in [2.24, 2.45) is 0 Å². The molecule has 1 unspecified atom stereocenters. The summed E-state index contributed by atoms with van der Waals surface area (Å²) in [5, 5.41) is 7.18. The SMILES string of the molecule is FC(F)(F)Oc1ccc(NC2CCNC2)c2cccnc12. The Kier molecular flexibility index (Phi) is 3.59. The minimum atomic E-state index is -4.73. The number of aromatic nitrogens is 1. The van der Waals surface area contributed by atoms with Crippen LogP contribution >= 0.6 is 0 Å². The fourth-order valence-electron chi connectivity index (χ4n) is 2.48. The first-order valence-corrected chi connectivity index (χ1v) is 6.64. The molecule has 1 aromatic heterocycles. The van der Waals surface area contributed by atoms with Crippen molar-refractivity contribution in [3.63, 3.8) is 0 Å². The molecule has 4 nitrogen and oxygen atoms in total. The molecule has 0 radical (unpaired) electrons. The number of fused-ring (bicyclic) bond motifs is 1. The van der Waals surface area contributed by atoms with Crippen LogP contribution in [-0.2, 0) is 0 Å². The maximum atomic E-state index is 12.4. The van der Waals surface area contributed by atoms with Crippen molar-refractivity contribution >= 4 is 16.6 Å². The third-order valence-corrected chi connectivity index (χ3v) is 3.38. The topological polar surface area (TPSA) is 46.2 Å². The van der Waals surface area contributed by atoms with E-state index < -0.39 is 6.36 Å². The molecule has 112 valence electrons. The minimum Gasteiger partial charge on any atom is -0.403 e. The fourth-order valence-corrected chi connectivity index (χ4v) is 2.48. The average Bonchev–Trinajstić information content (AvgIpc) is 2.93. The molecule has 21 heavy (non-hydrogen) atoms. The van der Waals surface area contributed by atoms with Crippen LogP contribution in [0.4, 0.5) is 18.9 Å². The monoisotopic (exact) mass is 297 g/mol. The lowest BCUT2D eigenvalue weighted by molar-refractivity contribution is -0.274. The van der Waals surface area contributed by atoms with Crippen LogP contribution in [0.1, 0.15) is 6.42 Å². The molecule has 1 atom stereocenters. The molecule has 1 aliphatic rings. The predicted octanol–water partition coefficient (Wildman–Crippen LogP) is 2.91. The van der Waals surface area contributed by atoms with Crippen LogP contribution in [0.2, 0.25) is 0 Å². The summed E-state index contributed by atoms with van der Waals surface area (Å²) in [5.41, 5.74) is 0.965. The van der Waals surface area contributed by atoms with Crippen molar-refractivity contribution in [2.45, 2.75) is 18.8 Å². The van der Waals surface area contributed by atoms with E-state index in [1.165, 1.54) is 12.3 Å². The number of anilines is 1. The minimum absolute atomic E-state index is 0.200. The lowest BCUT2D eigenvalue weighted by Crippen LogP contribution is -2.22. The number of nitrogens with zero attached hydrogens (tertiary/aromatic N) is 1. The number of hydrogen-bond donors (Lipinski definition) is 2. The second-order valence-corrected chi connectivity index (χ2v) is 4.89. The van der Waals surface area contributed by atoms with Crippen molar-refractivity contribution in [2.75, 3.05) is 18.4 Å². The van der Waals surface area contributed by atoms with Crippen LogP contribution < -0.4 is 15.4 Å². The van der Waals surface area contributed by atoms with E-state index in [-0.39, 0.29) is 17.3 Å². The van der Waals surface area contributed by atoms with Gasteiger partial charge in [-0.25, -0.2) is 0 Å². The Morgan fingerprint density at radius 1 is 1.29 bits per heavy atom. The highest BCUT2D eigenvalue weighted by Crippen LogP contribution is 2.33. The Morgan fingerprint density at radius 2 is 2.14 bits per heavy atom. The van der Waals surface area contributed by atoms with Gasteiger partial charge in [-0.15, -0.1) is 13.2 Å². The molecule has 0 saturated carbocycles. The normalized spacial score (nSPS) is 18.9. The van der Waals surface area contributed by atoms with Gasteiger partial charge in [0.25, 0.3) is 0 Å². The molecule has 1 fully saturated rings. The molecule has 0 amide bonds. The molecule has 1 aliphatic heterocycles. The van der Waals surface area contributed by atoms with Gasteiger partial charge in [-0.1, -0.05) is 0 Å². The quantitative estimate of drug-likeness (QED) is 0.914. The average molecular weight is 297 g/mol. The van der Waals surface area contributed by atoms with Crippen molar-refractivity contribution in [3.05, 3.63) is 30.5 Å². The first-order valence-electron chi connectivity index (χ1n) is 6.64. The highest BCUT2D eigenvalue weighted by molar-refractivity contribution is 5.95. The molecule has 1 aromatic carbocycles. The summed E-state index contributed by atoms with van der Waals surface area (Å²) in [6.45, 7) is 1.77. The Bertz CT molecular complexity index is 639. The van der Waals surface area contributed by atoms with Gasteiger partial charge in [-0.3, -0.25) is 4.98 Å². The second kappa shape index (κ2) is 5.40. The number of alkyl halides is 3. The zero-order valence-electron chi connectivity index (χ0n) is 11.1. The number of rotatable bonds is 3. The van der Waals surface area contributed by atoms with E-state index in [0.29, 0.717) is 5.39 Å². The molecular weight excluding hydrogens is 283 g/mol.